The lowest BCUT2D eigenvalue weighted by Gasteiger charge is -2.07. The minimum Gasteiger partial charge on any atom is -0.275 e. The summed E-state index contributed by atoms with van der Waals surface area (Å²) in [6.07, 6.45) is 0.639. The van der Waals surface area contributed by atoms with E-state index in [0.717, 1.165) is 27.2 Å². The Kier molecular flexibility index (Phi) is 2.33. The minimum atomic E-state index is 0.00222. The molecule has 0 atom stereocenters. The molecule has 0 saturated heterocycles. The number of fused-ring (bicyclic) bond motifs is 3. The molecule has 0 bridgehead atoms. The molecule has 20 heavy (non-hydrogen) atoms. The van der Waals surface area contributed by atoms with Gasteiger partial charge >= 0.3 is 0 Å². The van der Waals surface area contributed by atoms with Crippen molar-refractivity contribution in [1.29, 1.82) is 0 Å². The van der Waals surface area contributed by atoms with E-state index in [2.05, 4.69) is 6.07 Å². The van der Waals surface area contributed by atoms with Crippen LogP contribution in [-0.4, -0.2) is 4.40 Å². The molecular weight excluding hydrogens is 270 g/mol. The number of halogens is 1. The Bertz CT molecular complexity index is 1020. The fourth-order valence-electron chi connectivity index (χ4n) is 3.10. The zero-order valence-corrected chi connectivity index (χ0v) is 11.7. The second-order valence-corrected chi connectivity index (χ2v) is 5.38. The van der Waals surface area contributed by atoms with Crippen molar-refractivity contribution in [3.8, 4) is 0 Å². The van der Waals surface area contributed by atoms with Crippen molar-refractivity contribution in [2.75, 3.05) is 0 Å². The Hall–Kier alpha value is -2.06. The summed E-state index contributed by atoms with van der Waals surface area (Å²) in [7, 11) is 0. The Morgan fingerprint density at radius 1 is 1.00 bits per heavy atom. The molecule has 4 rings (SSSR count). The Morgan fingerprint density at radius 3 is 2.50 bits per heavy atom. The smallest absolute Gasteiger partial charge is 0.260 e. The van der Waals surface area contributed by atoms with Gasteiger partial charge in [-0.15, -0.1) is 0 Å². The molecule has 0 N–H and O–H groups in total. The second kappa shape index (κ2) is 3.97. The third kappa shape index (κ3) is 1.27. The molecule has 2 heterocycles. The molecule has 0 aliphatic carbocycles. The van der Waals surface area contributed by atoms with Gasteiger partial charge in [0.2, 0.25) is 0 Å². The van der Waals surface area contributed by atoms with Crippen LogP contribution in [0.25, 0.3) is 27.2 Å². The van der Waals surface area contributed by atoms with Crippen LogP contribution in [0.1, 0.15) is 12.5 Å². The number of hydrogen-bond acceptors (Lipinski definition) is 1. The van der Waals surface area contributed by atoms with Crippen molar-refractivity contribution >= 4 is 38.8 Å². The average Bonchev–Trinajstić information content (AvgIpc) is 2.81. The summed E-state index contributed by atoms with van der Waals surface area (Å²) < 4.78 is 1.81. The lowest BCUT2D eigenvalue weighted by atomic mass is 10.1. The number of para-hydroxylation sites is 2. The zero-order chi connectivity index (χ0) is 13.9. The standard InChI is InChI=1S/C17H12ClNO/c1-2-10-15(18)13-8-5-7-12-11-6-3-4-9-14(11)19(16(12)13)17(10)20/h3-9H,2H2,1H3. The van der Waals surface area contributed by atoms with E-state index in [1.807, 2.05) is 47.7 Å². The topological polar surface area (TPSA) is 21.5 Å². The van der Waals surface area contributed by atoms with Crippen molar-refractivity contribution < 1.29 is 0 Å². The van der Waals surface area contributed by atoms with Crippen LogP contribution in [0.3, 0.4) is 0 Å². The van der Waals surface area contributed by atoms with E-state index in [4.69, 9.17) is 11.6 Å². The third-order valence-electron chi connectivity index (χ3n) is 4.01. The van der Waals surface area contributed by atoms with Crippen LogP contribution < -0.4 is 5.56 Å². The van der Waals surface area contributed by atoms with Crippen molar-refractivity contribution in [2.24, 2.45) is 0 Å². The van der Waals surface area contributed by atoms with Gasteiger partial charge in [-0.05, 0) is 12.5 Å². The highest BCUT2D eigenvalue weighted by Gasteiger charge is 2.18. The molecule has 3 heteroatoms. The number of benzene rings is 2. The van der Waals surface area contributed by atoms with Gasteiger partial charge in [-0.1, -0.05) is 54.9 Å². The lowest BCUT2D eigenvalue weighted by molar-refractivity contribution is 1.05. The Labute approximate surface area is 120 Å². The van der Waals surface area contributed by atoms with Gasteiger partial charge in [0.05, 0.1) is 16.1 Å². The van der Waals surface area contributed by atoms with Crippen LogP contribution in [0.4, 0.5) is 0 Å². The molecule has 0 radical (unpaired) electrons. The fourth-order valence-corrected chi connectivity index (χ4v) is 3.47. The molecule has 0 fully saturated rings. The van der Waals surface area contributed by atoms with Crippen molar-refractivity contribution in [2.45, 2.75) is 13.3 Å². The summed E-state index contributed by atoms with van der Waals surface area (Å²) in [6, 6.07) is 14.0. The molecule has 0 aliphatic heterocycles. The van der Waals surface area contributed by atoms with E-state index < -0.39 is 0 Å². The van der Waals surface area contributed by atoms with E-state index in [1.165, 1.54) is 0 Å². The van der Waals surface area contributed by atoms with E-state index in [-0.39, 0.29) is 5.56 Å². The highest BCUT2D eigenvalue weighted by atomic mass is 35.5. The number of aromatic nitrogens is 1. The first kappa shape index (κ1) is 11.7. The third-order valence-corrected chi connectivity index (χ3v) is 4.44. The van der Waals surface area contributed by atoms with Gasteiger partial charge in [-0.2, -0.15) is 0 Å². The number of pyridine rings is 1. The molecule has 0 amide bonds. The van der Waals surface area contributed by atoms with Gasteiger partial charge in [0.1, 0.15) is 0 Å². The van der Waals surface area contributed by atoms with Crippen LogP contribution in [0.5, 0.6) is 0 Å². The van der Waals surface area contributed by atoms with Crippen molar-refractivity contribution in [1.82, 2.24) is 4.40 Å². The monoisotopic (exact) mass is 281 g/mol. The van der Waals surface area contributed by atoms with Gasteiger partial charge in [0, 0.05) is 21.7 Å². The van der Waals surface area contributed by atoms with Gasteiger partial charge in [0.15, 0.2) is 0 Å². The summed E-state index contributed by atoms with van der Waals surface area (Å²) in [5, 5.41) is 3.73. The Balaban J connectivity index is 2.49. The van der Waals surface area contributed by atoms with Crippen LogP contribution in [-0.2, 0) is 6.42 Å². The van der Waals surface area contributed by atoms with Crippen molar-refractivity contribution in [3.63, 3.8) is 0 Å². The van der Waals surface area contributed by atoms with Crippen LogP contribution >= 0.6 is 11.6 Å². The second-order valence-electron chi connectivity index (χ2n) is 5.01. The van der Waals surface area contributed by atoms with Gasteiger partial charge in [-0.3, -0.25) is 9.20 Å². The molecule has 0 unspecified atom stereocenters. The van der Waals surface area contributed by atoms with E-state index in [0.29, 0.717) is 17.0 Å². The largest absolute Gasteiger partial charge is 0.275 e. The first-order valence-corrected chi connectivity index (χ1v) is 7.07. The normalized spacial score (nSPS) is 11.9. The van der Waals surface area contributed by atoms with Crippen LogP contribution in [0, 0.1) is 0 Å². The molecule has 2 aromatic carbocycles. The zero-order valence-electron chi connectivity index (χ0n) is 11.0. The molecule has 4 aromatic rings. The van der Waals surface area contributed by atoms with E-state index >= 15 is 0 Å². The summed E-state index contributed by atoms with van der Waals surface area (Å²) in [5.41, 5.74) is 2.58. The Morgan fingerprint density at radius 2 is 1.70 bits per heavy atom. The minimum absolute atomic E-state index is 0.00222. The summed E-state index contributed by atoms with van der Waals surface area (Å²) in [4.78, 5) is 12.7. The maximum Gasteiger partial charge on any atom is 0.260 e. The fraction of sp³-hybridized carbons (Fsp3) is 0.118. The van der Waals surface area contributed by atoms with Crippen LogP contribution in [0.15, 0.2) is 47.3 Å². The lowest BCUT2D eigenvalue weighted by Crippen LogP contribution is -2.17. The first-order chi connectivity index (χ1) is 9.74. The van der Waals surface area contributed by atoms with Crippen molar-refractivity contribution in [3.05, 3.63) is 63.4 Å². The molecule has 98 valence electrons. The SMILES string of the molecule is CCc1c(Cl)c2cccc3c4ccccc4n(c1=O)c23. The van der Waals surface area contributed by atoms with E-state index in [1.54, 1.807) is 0 Å². The van der Waals surface area contributed by atoms with E-state index in [9.17, 15) is 4.79 Å². The summed E-state index contributed by atoms with van der Waals surface area (Å²) >= 11 is 6.45. The average molecular weight is 282 g/mol. The number of nitrogens with zero attached hydrogens (tertiary/aromatic N) is 1. The van der Waals surface area contributed by atoms with Gasteiger partial charge < -0.3 is 0 Å². The molecule has 0 saturated carbocycles. The summed E-state index contributed by atoms with van der Waals surface area (Å²) in [6.45, 7) is 1.96. The summed E-state index contributed by atoms with van der Waals surface area (Å²) in [5.74, 6) is 0. The predicted octanol–water partition coefficient (Wildman–Crippen LogP) is 4.26. The molecule has 2 aromatic heterocycles. The molecule has 2 nitrogen and oxygen atoms in total. The number of hydrogen-bond donors (Lipinski definition) is 0. The first-order valence-electron chi connectivity index (χ1n) is 6.70. The van der Waals surface area contributed by atoms with Crippen LogP contribution in [0.2, 0.25) is 5.02 Å². The molecule has 0 spiro atoms. The highest BCUT2D eigenvalue weighted by molar-refractivity contribution is 6.37. The maximum absolute atomic E-state index is 12.7. The van der Waals surface area contributed by atoms with Gasteiger partial charge in [-0.25, -0.2) is 0 Å². The maximum atomic E-state index is 12.7. The predicted molar refractivity (Wildman–Crippen MR) is 84.3 cm³/mol. The quantitative estimate of drug-likeness (QED) is 0.511. The molecule has 0 aliphatic rings. The molecular formula is C17H12ClNO. The number of rotatable bonds is 1. The van der Waals surface area contributed by atoms with Gasteiger partial charge in [0.25, 0.3) is 5.56 Å². The highest BCUT2D eigenvalue weighted by Crippen LogP contribution is 2.34.